The van der Waals surface area contributed by atoms with Gasteiger partial charge in [-0.3, -0.25) is 0 Å². The van der Waals surface area contributed by atoms with Gasteiger partial charge in [0.2, 0.25) is 0 Å². The first-order valence-corrected chi connectivity index (χ1v) is 7.55. The zero-order valence-electron chi connectivity index (χ0n) is 8.67. The molecule has 0 bridgehead atoms. The molecule has 0 amide bonds. The molecule has 0 aliphatic carbocycles. The Morgan fingerprint density at radius 2 is 1.40 bits per heavy atom. The molecule has 0 spiro atoms. The van der Waals surface area contributed by atoms with Crippen molar-refractivity contribution in [3.05, 3.63) is 25.3 Å². The van der Waals surface area contributed by atoms with E-state index in [1.165, 1.54) is 24.1 Å². The Hall–Kier alpha value is 0.840. The summed E-state index contributed by atoms with van der Waals surface area (Å²) in [4.78, 5) is 0. The summed E-state index contributed by atoms with van der Waals surface area (Å²) in [6.45, 7) is 7.33. The Morgan fingerprint density at radius 1 is 1.00 bits per heavy atom. The molecule has 0 saturated heterocycles. The smallest absolute Gasteiger partial charge is 0.0330 e. The highest BCUT2D eigenvalue weighted by Crippen LogP contribution is 2.21. The topological polar surface area (TPSA) is 9.23 Å². The van der Waals surface area contributed by atoms with Crippen molar-refractivity contribution in [2.24, 2.45) is 0 Å². The molecule has 0 N–H and O–H groups in total. The van der Waals surface area contributed by atoms with Crippen molar-refractivity contribution in [2.75, 3.05) is 11.5 Å². The van der Waals surface area contributed by atoms with Gasteiger partial charge in [0.05, 0.1) is 0 Å². The van der Waals surface area contributed by atoms with Crippen LogP contribution in [-0.4, -0.2) is 22.0 Å². The summed E-state index contributed by atoms with van der Waals surface area (Å²) in [7, 11) is 0. The maximum atomic E-state index is 5.33. The minimum atomic E-state index is 0.327. The average molecular weight is 283 g/mol. The summed E-state index contributed by atoms with van der Waals surface area (Å²) in [5, 5.41) is 0.654. The van der Waals surface area contributed by atoms with Gasteiger partial charge < -0.3 is 0 Å². The van der Waals surface area contributed by atoms with Gasteiger partial charge in [0.25, 0.3) is 0 Å². The first-order chi connectivity index (χ1) is 7.20. The fourth-order valence-corrected chi connectivity index (χ4v) is 2.73. The highest BCUT2D eigenvalue weighted by molar-refractivity contribution is 8.08. The second-order valence-corrected chi connectivity index (χ2v) is 6.14. The minimum Gasteiger partial charge on any atom is -0.247 e. The van der Waals surface area contributed by atoms with Crippen LogP contribution in [0.4, 0.5) is 0 Å². The molecule has 0 aliphatic rings. The van der Waals surface area contributed by atoms with Crippen molar-refractivity contribution in [3.63, 3.8) is 0 Å². The summed E-state index contributed by atoms with van der Waals surface area (Å²) in [6.07, 6.45) is 5.57. The number of rotatable bonds is 10. The van der Waals surface area contributed by atoms with Crippen LogP contribution in [0, 0.1) is 0 Å². The molecule has 2 atom stereocenters. The van der Waals surface area contributed by atoms with Crippen LogP contribution >= 0.6 is 49.3 Å². The van der Waals surface area contributed by atoms with Gasteiger partial charge in [0.1, 0.15) is 0 Å². The molecule has 0 rings (SSSR count). The quantitative estimate of drug-likeness (QED) is 0.271. The van der Waals surface area contributed by atoms with Crippen LogP contribution in [0.3, 0.4) is 0 Å². The third-order valence-corrected chi connectivity index (χ3v) is 4.62. The Kier molecular flexibility index (Phi) is 12.0. The van der Waals surface area contributed by atoms with Crippen molar-refractivity contribution < 1.29 is 3.63 Å². The molecule has 0 aromatic heterocycles. The summed E-state index contributed by atoms with van der Waals surface area (Å²) >= 11 is 11.6. The fourth-order valence-electron chi connectivity index (χ4n) is 0.768. The van der Waals surface area contributed by atoms with E-state index < -0.39 is 0 Å². The molecule has 0 saturated carbocycles. The molecule has 88 valence electrons. The molecule has 0 aliphatic heterocycles. The van der Waals surface area contributed by atoms with E-state index in [4.69, 9.17) is 3.63 Å². The Balaban J connectivity index is 3.23. The van der Waals surface area contributed by atoms with Gasteiger partial charge in [0, 0.05) is 46.1 Å². The summed E-state index contributed by atoms with van der Waals surface area (Å²) < 4.78 is 5.33. The summed E-state index contributed by atoms with van der Waals surface area (Å²) in [5.41, 5.74) is 0. The zero-order chi connectivity index (χ0) is 11.5. The van der Waals surface area contributed by atoms with E-state index in [-0.39, 0.29) is 0 Å². The zero-order valence-corrected chi connectivity index (χ0v) is 12.1. The second kappa shape index (κ2) is 11.3. The van der Waals surface area contributed by atoms with Gasteiger partial charge in [-0.2, -0.15) is 25.3 Å². The molecule has 5 heteroatoms. The SMILES string of the molecule is C=CCC(S)CSOSCC(S)CC=C. The maximum Gasteiger partial charge on any atom is 0.0330 e. The van der Waals surface area contributed by atoms with Crippen LogP contribution in [0.5, 0.6) is 0 Å². The lowest BCUT2D eigenvalue weighted by Gasteiger charge is -2.08. The average Bonchev–Trinajstić information content (AvgIpc) is 2.18. The number of hydrogen-bond donors (Lipinski definition) is 2. The lowest BCUT2D eigenvalue weighted by Crippen LogP contribution is -2.02. The van der Waals surface area contributed by atoms with E-state index >= 15 is 0 Å². The van der Waals surface area contributed by atoms with Crippen molar-refractivity contribution in [1.82, 2.24) is 0 Å². The number of hydrogen-bond acceptors (Lipinski definition) is 5. The largest absolute Gasteiger partial charge is 0.247 e. The highest BCUT2D eigenvalue weighted by Gasteiger charge is 2.04. The van der Waals surface area contributed by atoms with Crippen LogP contribution in [0.25, 0.3) is 0 Å². The Morgan fingerprint density at radius 3 is 1.73 bits per heavy atom. The van der Waals surface area contributed by atoms with Gasteiger partial charge >= 0.3 is 0 Å². The molecule has 0 aromatic rings. The predicted molar refractivity (Wildman–Crippen MR) is 81.2 cm³/mol. The van der Waals surface area contributed by atoms with Gasteiger partial charge in [-0.25, -0.2) is 3.63 Å². The minimum absolute atomic E-state index is 0.327. The molecule has 0 aromatic carbocycles. The van der Waals surface area contributed by atoms with Crippen LogP contribution in [0.2, 0.25) is 0 Å². The normalized spacial score (nSPS) is 14.5. The van der Waals surface area contributed by atoms with Crippen molar-refractivity contribution in [1.29, 1.82) is 0 Å². The van der Waals surface area contributed by atoms with Gasteiger partial charge in [-0.1, -0.05) is 12.2 Å². The standard InChI is InChI=1S/C10H18OS4/c1-3-5-9(12)7-14-11-15-8-10(13)6-4-2/h3-4,9-10,12-13H,1-2,5-8H2. The van der Waals surface area contributed by atoms with Crippen LogP contribution in [-0.2, 0) is 3.63 Å². The van der Waals surface area contributed by atoms with Gasteiger partial charge in [-0.15, -0.1) is 13.2 Å². The molecular formula is C10H18OS4. The molecule has 0 heterocycles. The molecule has 0 fully saturated rings. The van der Waals surface area contributed by atoms with Crippen LogP contribution in [0.1, 0.15) is 12.8 Å². The predicted octanol–water partition coefficient (Wildman–Crippen LogP) is 4.05. The monoisotopic (exact) mass is 282 g/mol. The fraction of sp³-hybridized carbons (Fsp3) is 0.600. The van der Waals surface area contributed by atoms with Crippen molar-refractivity contribution in [3.8, 4) is 0 Å². The first-order valence-electron chi connectivity index (χ1n) is 4.69. The molecule has 1 nitrogen and oxygen atoms in total. The van der Waals surface area contributed by atoms with Crippen molar-refractivity contribution in [2.45, 2.75) is 23.3 Å². The van der Waals surface area contributed by atoms with E-state index in [2.05, 4.69) is 38.4 Å². The number of thiol groups is 2. The van der Waals surface area contributed by atoms with E-state index in [1.54, 1.807) is 0 Å². The lowest BCUT2D eigenvalue weighted by molar-refractivity contribution is 0.748. The molecular weight excluding hydrogens is 264 g/mol. The second-order valence-electron chi connectivity index (χ2n) is 2.99. The summed E-state index contributed by atoms with van der Waals surface area (Å²) in [6, 6.07) is 0. The van der Waals surface area contributed by atoms with Crippen LogP contribution in [0.15, 0.2) is 25.3 Å². The lowest BCUT2D eigenvalue weighted by atomic mass is 10.3. The Labute approximate surface area is 113 Å². The third-order valence-electron chi connectivity index (χ3n) is 1.49. The maximum absolute atomic E-state index is 5.33. The van der Waals surface area contributed by atoms with Gasteiger partial charge in [0.15, 0.2) is 0 Å². The summed E-state index contributed by atoms with van der Waals surface area (Å²) in [5.74, 6) is 1.75. The molecule has 0 radical (unpaired) electrons. The van der Waals surface area contributed by atoms with E-state index in [1.807, 2.05) is 12.2 Å². The van der Waals surface area contributed by atoms with E-state index in [0.29, 0.717) is 10.5 Å². The van der Waals surface area contributed by atoms with E-state index in [9.17, 15) is 0 Å². The molecule has 15 heavy (non-hydrogen) atoms. The Bertz CT molecular complexity index is 157. The highest BCUT2D eigenvalue weighted by atomic mass is 32.2. The first kappa shape index (κ1) is 15.8. The van der Waals surface area contributed by atoms with Crippen LogP contribution < -0.4 is 0 Å². The van der Waals surface area contributed by atoms with Crippen molar-refractivity contribution >= 4 is 49.3 Å². The van der Waals surface area contributed by atoms with E-state index in [0.717, 1.165) is 24.3 Å². The van der Waals surface area contributed by atoms with Gasteiger partial charge in [-0.05, 0) is 12.8 Å². The molecule has 2 unspecified atom stereocenters. The number of allylic oxidation sites excluding steroid dienone is 2. The third kappa shape index (κ3) is 11.1.